The fourth-order valence-electron chi connectivity index (χ4n) is 3.18. The molecule has 0 bridgehead atoms. The predicted molar refractivity (Wildman–Crippen MR) is 88.2 cm³/mol. The molecule has 2 rings (SSSR count). The fraction of sp³-hybridized carbons (Fsp3) is 0.765. The van der Waals surface area contributed by atoms with Gasteiger partial charge in [0.1, 0.15) is 6.10 Å². The zero-order valence-corrected chi connectivity index (χ0v) is 14.4. The molecule has 0 saturated carbocycles. The lowest BCUT2D eigenvalue weighted by Crippen LogP contribution is -2.43. The Labute approximate surface area is 132 Å². The number of allylic oxidation sites excluding steroid dienone is 1. The molecule has 0 aromatic carbocycles. The van der Waals surface area contributed by atoms with Crippen LogP contribution in [0.5, 0.6) is 0 Å². The first kappa shape index (κ1) is 16.7. The number of piperidine rings is 1. The SMILES string of the molecule is C=C=C[C@@](CCC)(CS[C@H]1CC2OC2N(C)C1=O)C(C)C. The molecule has 0 spiro atoms. The summed E-state index contributed by atoms with van der Waals surface area (Å²) in [5.74, 6) is 1.68. The van der Waals surface area contributed by atoms with Gasteiger partial charge in [-0.15, -0.1) is 17.5 Å². The topological polar surface area (TPSA) is 32.8 Å². The summed E-state index contributed by atoms with van der Waals surface area (Å²) in [6.45, 7) is 10.5. The fourth-order valence-corrected chi connectivity index (χ4v) is 4.89. The van der Waals surface area contributed by atoms with Crippen LogP contribution in [0, 0.1) is 11.3 Å². The van der Waals surface area contributed by atoms with Crippen molar-refractivity contribution in [3.05, 3.63) is 18.4 Å². The Bertz CT molecular complexity index is 444. The van der Waals surface area contributed by atoms with Crippen molar-refractivity contribution in [3.8, 4) is 0 Å². The van der Waals surface area contributed by atoms with Crippen molar-refractivity contribution in [2.24, 2.45) is 11.3 Å². The smallest absolute Gasteiger partial charge is 0.237 e. The van der Waals surface area contributed by atoms with Crippen LogP contribution in [0.4, 0.5) is 0 Å². The van der Waals surface area contributed by atoms with Crippen LogP contribution in [0.25, 0.3) is 0 Å². The number of carbonyl (C=O) groups is 1. The molecule has 4 atom stereocenters. The highest BCUT2D eigenvalue weighted by Gasteiger charge is 2.52. The van der Waals surface area contributed by atoms with Gasteiger partial charge in [-0.3, -0.25) is 4.79 Å². The van der Waals surface area contributed by atoms with Crippen molar-refractivity contribution in [1.29, 1.82) is 0 Å². The number of hydrogen-bond acceptors (Lipinski definition) is 3. The van der Waals surface area contributed by atoms with Gasteiger partial charge >= 0.3 is 0 Å². The van der Waals surface area contributed by atoms with Gasteiger partial charge in [0, 0.05) is 18.2 Å². The normalized spacial score (nSPS) is 30.6. The van der Waals surface area contributed by atoms with Crippen molar-refractivity contribution in [3.63, 3.8) is 0 Å². The molecular weight excluding hydrogens is 282 g/mol. The van der Waals surface area contributed by atoms with Crippen LogP contribution in [0.2, 0.25) is 0 Å². The van der Waals surface area contributed by atoms with Crippen molar-refractivity contribution < 1.29 is 9.53 Å². The molecule has 0 radical (unpaired) electrons. The molecule has 1 amide bonds. The average Bonchev–Trinajstić information content (AvgIpc) is 3.20. The van der Waals surface area contributed by atoms with Crippen molar-refractivity contribution >= 4 is 17.7 Å². The zero-order valence-electron chi connectivity index (χ0n) is 13.6. The number of epoxide rings is 1. The first-order valence-corrected chi connectivity index (χ1v) is 8.90. The molecule has 2 saturated heterocycles. The van der Waals surface area contributed by atoms with E-state index < -0.39 is 0 Å². The van der Waals surface area contributed by atoms with Crippen LogP contribution in [0.3, 0.4) is 0 Å². The molecular formula is C17H27NO2S. The minimum absolute atomic E-state index is 0.0342. The first-order chi connectivity index (χ1) is 9.95. The highest BCUT2D eigenvalue weighted by Crippen LogP contribution is 2.43. The number of fused-ring (bicyclic) bond motifs is 1. The van der Waals surface area contributed by atoms with Crippen molar-refractivity contribution in [1.82, 2.24) is 4.90 Å². The second-order valence-corrected chi connectivity index (χ2v) is 7.73. The maximum Gasteiger partial charge on any atom is 0.237 e. The first-order valence-electron chi connectivity index (χ1n) is 7.86. The minimum atomic E-state index is 0.0342. The molecule has 21 heavy (non-hydrogen) atoms. The van der Waals surface area contributed by atoms with Crippen LogP contribution in [0.1, 0.15) is 40.0 Å². The summed E-state index contributed by atoms with van der Waals surface area (Å²) in [4.78, 5) is 14.1. The summed E-state index contributed by atoms with van der Waals surface area (Å²) < 4.78 is 5.53. The molecule has 4 heteroatoms. The van der Waals surface area contributed by atoms with Crippen LogP contribution >= 0.6 is 11.8 Å². The highest BCUT2D eigenvalue weighted by molar-refractivity contribution is 8.00. The van der Waals surface area contributed by atoms with E-state index >= 15 is 0 Å². The number of carbonyl (C=O) groups excluding carboxylic acids is 1. The largest absolute Gasteiger partial charge is 0.348 e. The van der Waals surface area contributed by atoms with Gasteiger partial charge in [0.25, 0.3) is 0 Å². The Morgan fingerprint density at radius 2 is 2.33 bits per heavy atom. The third-order valence-corrected chi connectivity index (χ3v) is 6.32. The lowest BCUT2D eigenvalue weighted by atomic mass is 9.75. The van der Waals surface area contributed by atoms with Crippen molar-refractivity contribution in [2.75, 3.05) is 12.8 Å². The molecule has 0 aromatic heterocycles. The number of thioether (sulfide) groups is 1. The number of likely N-dealkylation sites (N-methyl/N-ethyl adjacent to an activating group) is 1. The van der Waals surface area contributed by atoms with E-state index in [1.807, 2.05) is 7.05 Å². The van der Waals surface area contributed by atoms with Gasteiger partial charge in [-0.05, 0) is 24.8 Å². The van der Waals surface area contributed by atoms with Crippen LogP contribution < -0.4 is 0 Å². The van der Waals surface area contributed by atoms with E-state index in [0.29, 0.717) is 5.92 Å². The summed E-state index contributed by atoms with van der Waals surface area (Å²) in [7, 11) is 1.85. The zero-order chi connectivity index (χ0) is 15.6. The van der Waals surface area contributed by atoms with E-state index in [4.69, 9.17) is 4.74 Å². The second-order valence-electron chi connectivity index (χ2n) is 6.54. The standard InChI is InChI=1S/C17H27NO2S/c1-6-8-17(9-7-2,12(3)4)11-21-14-10-13-16(20-13)18(5)15(14)19/h8,12-14,16H,1,7,9-11H2,2-5H3/t13?,14-,16?,17+/m0/s1. The third kappa shape index (κ3) is 3.39. The number of hydrogen-bond donors (Lipinski definition) is 0. The lowest BCUT2D eigenvalue weighted by molar-refractivity contribution is -0.131. The van der Waals surface area contributed by atoms with E-state index in [-0.39, 0.29) is 28.9 Å². The monoisotopic (exact) mass is 309 g/mol. The maximum atomic E-state index is 12.4. The molecule has 2 unspecified atom stereocenters. The van der Waals surface area contributed by atoms with Gasteiger partial charge in [-0.2, -0.15) is 0 Å². The number of rotatable bonds is 7. The number of ether oxygens (including phenoxy) is 1. The lowest BCUT2D eigenvalue weighted by Gasteiger charge is -2.36. The number of likely N-dealkylation sites (tertiary alicyclic amines) is 1. The molecule has 0 aromatic rings. The summed E-state index contributed by atoms with van der Waals surface area (Å²) in [6.07, 6.45) is 5.54. The Morgan fingerprint density at radius 1 is 1.62 bits per heavy atom. The maximum absolute atomic E-state index is 12.4. The molecule has 0 aliphatic carbocycles. The molecule has 2 aliphatic heterocycles. The average molecular weight is 309 g/mol. The predicted octanol–water partition coefficient (Wildman–Crippen LogP) is 3.46. The quantitative estimate of drug-likeness (QED) is 0.533. The van der Waals surface area contributed by atoms with E-state index in [9.17, 15) is 4.79 Å². The van der Waals surface area contributed by atoms with E-state index in [1.54, 1.807) is 16.7 Å². The van der Waals surface area contributed by atoms with Gasteiger partial charge in [0.2, 0.25) is 5.91 Å². The summed E-state index contributed by atoms with van der Waals surface area (Å²) >= 11 is 1.78. The summed E-state index contributed by atoms with van der Waals surface area (Å²) in [5.41, 5.74) is 3.08. The number of nitrogens with zero attached hydrogens (tertiary/aromatic N) is 1. The third-order valence-electron chi connectivity index (χ3n) is 4.81. The molecule has 118 valence electrons. The molecule has 2 aliphatic rings. The van der Waals surface area contributed by atoms with Gasteiger partial charge in [0.15, 0.2) is 6.23 Å². The second kappa shape index (κ2) is 6.60. The Balaban J connectivity index is 2.04. The number of amides is 1. The highest BCUT2D eigenvalue weighted by atomic mass is 32.2. The Morgan fingerprint density at radius 3 is 2.90 bits per heavy atom. The van der Waals surface area contributed by atoms with Gasteiger partial charge in [-0.1, -0.05) is 33.8 Å². The minimum Gasteiger partial charge on any atom is -0.348 e. The van der Waals surface area contributed by atoms with Crippen LogP contribution in [0.15, 0.2) is 18.4 Å². The van der Waals surface area contributed by atoms with Crippen LogP contribution in [-0.2, 0) is 9.53 Å². The molecule has 2 heterocycles. The van der Waals surface area contributed by atoms with Gasteiger partial charge in [-0.25, -0.2) is 0 Å². The van der Waals surface area contributed by atoms with E-state index in [1.165, 1.54) is 0 Å². The summed E-state index contributed by atoms with van der Waals surface area (Å²) in [5, 5.41) is 0.0342. The van der Waals surface area contributed by atoms with E-state index in [0.717, 1.165) is 25.0 Å². The van der Waals surface area contributed by atoms with E-state index in [2.05, 4.69) is 39.2 Å². The van der Waals surface area contributed by atoms with Crippen LogP contribution in [-0.4, -0.2) is 41.2 Å². The summed E-state index contributed by atoms with van der Waals surface area (Å²) in [6, 6.07) is 0. The molecule has 0 N–H and O–H groups in total. The van der Waals surface area contributed by atoms with Gasteiger partial charge < -0.3 is 9.64 Å². The Hall–Kier alpha value is -0.700. The van der Waals surface area contributed by atoms with Gasteiger partial charge in [0.05, 0.1) is 5.25 Å². The molecule has 2 fully saturated rings. The van der Waals surface area contributed by atoms with Crippen molar-refractivity contribution in [2.45, 2.75) is 57.6 Å². The molecule has 3 nitrogen and oxygen atoms in total. The Kier molecular flexibility index (Phi) is 5.24.